The first-order chi connectivity index (χ1) is 7.61. The number of hydrogen-bond donors (Lipinski definition) is 1. The summed E-state index contributed by atoms with van der Waals surface area (Å²) in [5.74, 6) is 0.888. The van der Waals surface area contributed by atoms with Gasteiger partial charge in [0.2, 0.25) is 0 Å². The molecule has 0 spiro atoms. The van der Waals surface area contributed by atoms with E-state index in [2.05, 4.69) is 0 Å². The van der Waals surface area contributed by atoms with Crippen LogP contribution >= 0.6 is 0 Å². The average Bonchev–Trinajstić information content (AvgIpc) is 2.96. The van der Waals surface area contributed by atoms with Gasteiger partial charge in [-0.3, -0.25) is 4.79 Å². The highest BCUT2D eigenvalue weighted by molar-refractivity contribution is 5.78. The van der Waals surface area contributed by atoms with Crippen LogP contribution in [-0.2, 0) is 4.79 Å². The van der Waals surface area contributed by atoms with Crippen molar-refractivity contribution in [1.29, 1.82) is 0 Å². The van der Waals surface area contributed by atoms with E-state index in [1.807, 2.05) is 6.92 Å². The molecular formula is C12H14O4. The third kappa shape index (κ3) is 2.10. The summed E-state index contributed by atoms with van der Waals surface area (Å²) in [6, 6.07) is 4.54. The van der Waals surface area contributed by atoms with Crippen LogP contribution in [0.2, 0.25) is 0 Å². The number of rotatable bonds is 3. The quantitative estimate of drug-likeness (QED) is 0.627. The molecule has 0 aliphatic heterocycles. The molecule has 1 aliphatic carbocycles. The number of ether oxygens (including phenoxy) is 2. The van der Waals surface area contributed by atoms with Crippen LogP contribution in [0.4, 0.5) is 0 Å². The zero-order valence-corrected chi connectivity index (χ0v) is 9.27. The molecule has 1 aromatic rings. The van der Waals surface area contributed by atoms with E-state index in [9.17, 15) is 9.90 Å². The van der Waals surface area contributed by atoms with Crippen molar-refractivity contribution in [2.75, 3.05) is 7.11 Å². The highest BCUT2D eigenvalue weighted by atomic mass is 16.5. The maximum atomic E-state index is 11.5. The van der Waals surface area contributed by atoms with E-state index < -0.39 is 0 Å². The van der Waals surface area contributed by atoms with Gasteiger partial charge in [-0.25, -0.2) is 0 Å². The molecule has 1 fully saturated rings. The molecule has 0 aromatic heterocycles. The van der Waals surface area contributed by atoms with Gasteiger partial charge in [0.25, 0.3) is 0 Å². The molecule has 1 aromatic carbocycles. The van der Waals surface area contributed by atoms with Crippen LogP contribution in [0.3, 0.4) is 0 Å². The second-order valence-corrected chi connectivity index (χ2v) is 4.07. The number of esters is 1. The summed E-state index contributed by atoms with van der Waals surface area (Å²) >= 11 is 0. The Morgan fingerprint density at radius 3 is 2.69 bits per heavy atom. The molecule has 16 heavy (non-hydrogen) atoms. The lowest BCUT2D eigenvalue weighted by molar-refractivity contribution is -0.136. The van der Waals surface area contributed by atoms with E-state index in [1.165, 1.54) is 13.2 Å². The third-order valence-electron chi connectivity index (χ3n) is 2.78. The number of phenolic OH excluding ortho intramolecular Hbond substituents is 1. The van der Waals surface area contributed by atoms with E-state index in [-0.39, 0.29) is 17.6 Å². The van der Waals surface area contributed by atoms with Crippen molar-refractivity contribution in [3.05, 3.63) is 18.2 Å². The zero-order valence-electron chi connectivity index (χ0n) is 9.27. The van der Waals surface area contributed by atoms with Gasteiger partial charge in [-0.2, -0.15) is 0 Å². The lowest BCUT2D eigenvalue weighted by Gasteiger charge is -2.06. The Balaban J connectivity index is 2.04. The molecule has 4 nitrogen and oxygen atoms in total. The molecule has 0 amide bonds. The molecule has 0 bridgehead atoms. The van der Waals surface area contributed by atoms with E-state index in [0.717, 1.165) is 6.42 Å². The summed E-state index contributed by atoms with van der Waals surface area (Å²) in [5, 5.41) is 9.49. The summed E-state index contributed by atoms with van der Waals surface area (Å²) in [7, 11) is 1.46. The van der Waals surface area contributed by atoms with E-state index >= 15 is 0 Å². The Kier molecular flexibility index (Phi) is 2.73. The molecule has 86 valence electrons. The maximum Gasteiger partial charge on any atom is 0.314 e. The number of phenols is 1. The van der Waals surface area contributed by atoms with Crippen molar-refractivity contribution in [2.45, 2.75) is 13.3 Å². The fraction of sp³-hybridized carbons (Fsp3) is 0.417. The van der Waals surface area contributed by atoms with Gasteiger partial charge in [0.05, 0.1) is 13.0 Å². The lowest BCUT2D eigenvalue weighted by Crippen LogP contribution is -2.10. The normalized spacial score (nSPS) is 22.6. The van der Waals surface area contributed by atoms with Crippen LogP contribution < -0.4 is 9.47 Å². The Bertz CT molecular complexity index is 413. The van der Waals surface area contributed by atoms with Gasteiger partial charge in [0.1, 0.15) is 5.75 Å². The minimum Gasteiger partial charge on any atom is -0.504 e. The molecule has 4 heteroatoms. The van der Waals surface area contributed by atoms with Crippen LogP contribution in [0.5, 0.6) is 17.2 Å². The van der Waals surface area contributed by atoms with Crippen molar-refractivity contribution in [1.82, 2.24) is 0 Å². The first kappa shape index (κ1) is 10.8. The summed E-state index contributed by atoms with van der Waals surface area (Å²) in [5.41, 5.74) is 0. The van der Waals surface area contributed by atoms with Crippen LogP contribution in [0.15, 0.2) is 18.2 Å². The van der Waals surface area contributed by atoms with E-state index in [1.54, 1.807) is 12.1 Å². The molecule has 1 saturated carbocycles. The Morgan fingerprint density at radius 2 is 2.19 bits per heavy atom. The second kappa shape index (κ2) is 4.04. The van der Waals surface area contributed by atoms with Crippen molar-refractivity contribution >= 4 is 5.97 Å². The fourth-order valence-corrected chi connectivity index (χ4v) is 1.58. The van der Waals surface area contributed by atoms with Crippen molar-refractivity contribution in [3.8, 4) is 17.2 Å². The highest BCUT2D eigenvalue weighted by Gasteiger charge is 2.40. The van der Waals surface area contributed by atoms with Crippen molar-refractivity contribution in [2.24, 2.45) is 11.8 Å². The first-order valence-corrected chi connectivity index (χ1v) is 5.20. The molecule has 2 rings (SSSR count). The molecule has 0 saturated heterocycles. The summed E-state index contributed by atoms with van der Waals surface area (Å²) in [6.45, 7) is 2.01. The summed E-state index contributed by atoms with van der Waals surface area (Å²) in [4.78, 5) is 11.5. The van der Waals surface area contributed by atoms with Gasteiger partial charge in [-0.05, 0) is 24.5 Å². The van der Waals surface area contributed by atoms with E-state index in [4.69, 9.17) is 9.47 Å². The third-order valence-corrected chi connectivity index (χ3v) is 2.78. The molecule has 0 heterocycles. The molecular weight excluding hydrogens is 208 g/mol. The van der Waals surface area contributed by atoms with Gasteiger partial charge in [0, 0.05) is 6.07 Å². The Hall–Kier alpha value is -1.71. The number of benzene rings is 1. The largest absolute Gasteiger partial charge is 0.504 e. The van der Waals surface area contributed by atoms with Crippen molar-refractivity contribution < 1.29 is 19.4 Å². The van der Waals surface area contributed by atoms with Crippen LogP contribution in [0.1, 0.15) is 13.3 Å². The number of carbonyl (C=O) groups excluding carboxylic acids is 1. The molecule has 0 radical (unpaired) electrons. The van der Waals surface area contributed by atoms with Gasteiger partial charge < -0.3 is 14.6 Å². The average molecular weight is 222 g/mol. The molecule has 2 atom stereocenters. The second-order valence-electron chi connectivity index (χ2n) is 4.07. The minimum atomic E-state index is -0.225. The Morgan fingerprint density at radius 1 is 1.50 bits per heavy atom. The monoisotopic (exact) mass is 222 g/mol. The lowest BCUT2D eigenvalue weighted by atomic mass is 10.3. The molecule has 1 aliphatic rings. The van der Waals surface area contributed by atoms with Gasteiger partial charge in [0.15, 0.2) is 11.5 Å². The van der Waals surface area contributed by atoms with Crippen LogP contribution in [-0.4, -0.2) is 18.2 Å². The predicted octanol–water partition coefficient (Wildman–Crippen LogP) is 1.96. The topological polar surface area (TPSA) is 55.8 Å². The molecule has 1 N–H and O–H groups in total. The number of carbonyl (C=O) groups is 1. The minimum absolute atomic E-state index is 0.0178. The van der Waals surface area contributed by atoms with Crippen LogP contribution in [0, 0.1) is 11.8 Å². The van der Waals surface area contributed by atoms with Crippen LogP contribution in [0.25, 0.3) is 0 Å². The molecule has 2 unspecified atom stereocenters. The SMILES string of the molecule is COc1ccc(OC(=O)C2CC2C)cc1O. The van der Waals surface area contributed by atoms with Gasteiger partial charge in [-0.15, -0.1) is 0 Å². The van der Waals surface area contributed by atoms with Gasteiger partial charge in [-0.1, -0.05) is 6.92 Å². The number of aromatic hydroxyl groups is 1. The fourth-order valence-electron chi connectivity index (χ4n) is 1.58. The standard InChI is InChI=1S/C12H14O4/c1-7-5-9(7)12(14)16-8-3-4-11(15-2)10(13)6-8/h3-4,6-7,9,13H,5H2,1-2H3. The summed E-state index contributed by atoms with van der Waals surface area (Å²) in [6.07, 6.45) is 0.890. The summed E-state index contributed by atoms with van der Waals surface area (Å²) < 4.78 is 10.0. The highest BCUT2D eigenvalue weighted by Crippen LogP contribution is 2.39. The number of hydrogen-bond acceptors (Lipinski definition) is 4. The van der Waals surface area contributed by atoms with E-state index in [0.29, 0.717) is 17.4 Å². The zero-order chi connectivity index (χ0) is 11.7. The van der Waals surface area contributed by atoms with Gasteiger partial charge >= 0.3 is 5.97 Å². The maximum absolute atomic E-state index is 11.5. The predicted molar refractivity (Wildman–Crippen MR) is 57.6 cm³/mol. The smallest absolute Gasteiger partial charge is 0.314 e. The Labute approximate surface area is 93.8 Å². The number of methoxy groups -OCH3 is 1. The first-order valence-electron chi connectivity index (χ1n) is 5.20. The van der Waals surface area contributed by atoms with Crippen molar-refractivity contribution in [3.63, 3.8) is 0 Å².